The first-order chi connectivity index (χ1) is 9.19. The molecule has 1 heterocycles. The Bertz CT molecular complexity index is 405. The summed E-state index contributed by atoms with van der Waals surface area (Å²) in [5.41, 5.74) is 2.39. The molecule has 0 spiro atoms. The van der Waals surface area contributed by atoms with Gasteiger partial charge in [-0.3, -0.25) is 9.78 Å². The van der Waals surface area contributed by atoms with Crippen LogP contribution in [0.25, 0.3) is 0 Å². The van der Waals surface area contributed by atoms with Gasteiger partial charge in [-0.1, -0.05) is 6.07 Å². The lowest BCUT2D eigenvalue weighted by molar-refractivity contribution is -0.146. The highest BCUT2D eigenvalue weighted by atomic mass is 16.5. The number of nitrogens with zero attached hydrogens (tertiary/aromatic N) is 1. The monoisotopic (exact) mass is 261 g/mol. The number of pyridine rings is 1. The Labute approximate surface area is 115 Å². The van der Waals surface area contributed by atoms with Crippen LogP contribution >= 0.6 is 0 Å². The highest BCUT2D eigenvalue weighted by molar-refractivity contribution is 5.72. The number of hydrogen-bond donors (Lipinski definition) is 0. The molecule has 2 rings (SSSR count). The minimum Gasteiger partial charge on any atom is -0.469 e. The lowest BCUT2D eigenvalue weighted by Crippen LogP contribution is -2.23. The Morgan fingerprint density at radius 1 is 1.32 bits per heavy atom. The van der Waals surface area contributed by atoms with Gasteiger partial charge in [0, 0.05) is 11.9 Å². The van der Waals surface area contributed by atoms with Crippen LogP contribution < -0.4 is 0 Å². The van der Waals surface area contributed by atoms with E-state index in [9.17, 15) is 4.79 Å². The molecular formula is C16H23NO2. The second-order valence-electron chi connectivity index (χ2n) is 5.61. The average molecular weight is 261 g/mol. The Morgan fingerprint density at radius 3 is 2.63 bits per heavy atom. The van der Waals surface area contributed by atoms with Crippen LogP contribution in [0.2, 0.25) is 0 Å². The summed E-state index contributed by atoms with van der Waals surface area (Å²) >= 11 is 0. The normalized spacial score (nSPS) is 23.1. The highest BCUT2D eigenvalue weighted by Gasteiger charge is 2.26. The Morgan fingerprint density at radius 2 is 2.05 bits per heavy atom. The molecule has 0 aromatic carbocycles. The van der Waals surface area contributed by atoms with Gasteiger partial charge in [-0.2, -0.15) is 0 Å². The predicted molar refractivity (Wildman–Crippen MR) is 74.8 cm³/mol. The molecule has 0 atom stereocenters. The van der Waals surface area contributed by atoms with Crippen molar-refractivity contribution in [2.75, 3.05) is 7.11 Å². The number of hydrogen-bond acceptors (Lipinski definition) is 3. The third-order valence-corrected chi connectivity index (χ3v) is 4.16. The number of rotatable bonds is 4. The van der Waals surface area contributed by atoms with Gasteiger partial charge in [-0.05, 0) is 63.0 Å². The first kappa shape index (κ1) is 14.0. The number of ether oxygens (including phenoxy) is 1. The number of carbonyl (C=O) groups is 1. The van der Waals surface area contributed by atoms with Gasteiger partial charge in [-0.25, -0.2) is 0 Å². The van der Waals surface area contributed by atoms with Crippen molar-refractivity contribution in [2.24, 2.45) is 11.8 Å². The Hall–Kier alpha value is -1.38. The van der Waals surface area contributed by atoms with Crippen LogP contribution in [-0.4, -0.2) is 18.1 Å². The van der Waals surface area contributed by atoms with Crippen LogP contribution in [0.15, 0.2) is 18.3 Å². The van der Waals surface area contributed by atoms with Crippen LogP contribution in [0.4, 0.5) is 0 Å². The number of methoxy groups -OCH3 is 1. The lowest BCUT2D eigenvalue weighted by atomic mass is 9.80. The predicted octanol–water partition coefficient (Wildman–Crippen LogP) is 3.30. The van der Waals surface area contributed by atoms with E-state index in [0.717, 1.165) is 38.0 Å². The van der Waals surface area contributed by atoms with Crippen molar-refractivity contribution in [1.29, 1.82) is 0 Å². The maximum atomic E-state index is 11.5. The van der Waals surface area contributed by atoms with E-state index in [0.29, 0.717) is 0 Å². The fraction of sp³-hybridized carbons (Fsp3) is 0.625. The van der Waals surface area contributed by atoms with Crippen molar-refractivity contribution in [3.63, 3.8) is 0 Å². The van der Waals surface area contributed by atoms with Crippen molar-refractivity contribution in [2.45, 2.75) is 45.4 Å². The molecule has 0 radical (unpaired) electrons. The van der Waals surface area contributed by atoms with Gasteiger partial charge in [0.25, 0.3) is 0 Å². The molecule has 1 aromatic rings. The summed E-state index contributed by atoms with van der Waals surface area (Å²) in [5, 5.41) is 0. The first-order valence-corrected chi connectivity index (χ1v) is 7.18. The second kappa shape index (κ2) is 6.69. The summed E-state index contributed by atoms with van der Waals surface area (Å²) in [5.74, 6) is 0.849. The van der Waals surface area contributed by atoms with Gasteiger partial charge in [0.2, 0.25) is 0 Å². The lowest BCUT2D eigenvalue weighted by Gasteiger charge is -2.26. The molecule has 3 nitrogen and oxygen atoms in total. The quantitative estimate of drug-likeness (QED) is 0.781. The molecule has 1 aromatic heterocycles. The molecule has 3 heteroatoms. The van der Waals surface area contributed by atoms with E-state index in [1.165, 1.54) is 24.8 Å². The molecule has 19 heavy (non-hydrogen) atoms. The summed E-state index contributed by atoms with van der Waals surface area (Å²) in [6.07, 6.45) is 8.43. The van der Waals surface area contributed by atoms with Gasteiger partial charge in [-0.15, -0.1) is 0 Å². The molecule has 0 amide bonds. The summed E-state index contributed by atoms with van der Waals surface area (Å²) in [4.78, 5) is 15.9. The zero-order valence-corrected chi connectivity index (χ0v) is 11.9. The van der Waals surface area contributed by atoms with E-state index < -0.39 is 0 Å². The highest BCUT2D eigenvalue weighted by Crippen LogP contribution is 2.32. The molecule has 1 fully saturated rings. The molecule has 1 aliphatic carbocycles. The fourth-order valence-corrected chi connectivity index (χ4v) is 2.85. The molecule has 104 valence electrons. The van der Waals surface area contributed by atoms with Crippen LogP contribution in [0, 0.1) is 18.8 Å². The molecule has 0 aliphatic heterocycles. The second-order valence-corrected chi connectivity index (χ2v) is 5.61. The molecule has 0 unspecified atom stereocenters. The fourth-order valence-electron chi connectivity index (χ4n) is 2.85. The van der Waals surface area contributed by atoms with Crippen LogP contribution in [0.1, 0.15) is 43.4 Å². The van der Waals surface area contributed by atoms with Crippen molar-refractivity contribution in [3.05, 3.63) is 29.6 Å². The molecule has 0 saturated heterocycles. The number of esters is 1. The number of aryl methyl sites for hydroxylation is 2. The van der Waals surface area contributed by atoms with Crippen molar-refractivity contribution in [3.8, 4) is 0 Å². The van der Waals surface area contributed by atoms with E-state index in [1.807, 2.05) is 6.20 Å². The van der Waals surface area contributed by atoms with Crippen LogP contribution in [0.5, 0.6) is 0 Å². The zero-order chi connectivity index (χ0) is 13.7. The molecule has 0 N–H and O–H groups in total. The van der Waals surface area contributed by atoms with Gasteiger partial charge >= 0.3 is 5.97 Å². The van der Waals surface area contributed by atoms with E-state index in [2.05, 4.69) is 24.0 Å². The van der Waals surface area contributed by atoms with E-state index in [-0.39, 0.29) is 11.9 Å². The summed E-state index contributed by atoms with van der Waals surface area (Å²) in [6, 6.07) is 4.24. The maximum Gasteiger partial charge on any atom is 0.308 e. The van der Waals surface area contributed by atoms with Gasteiger partial charge in [0.1, 0.15) is 0 Å². The molecule has 0 bridgehead atoms. The van der Waals surface area contributed by atoms with Crippen molar-refractivity contribution >= 4 is 5.97 Å². The summed E-state index contributed by atoms with van der Waals surface area (Å²) in [6.45, 7) is 2.06. The standard InChI is InChI=1S/C16H23NO2/c1-12-3-9-15(17-11-12)10-6-13-4-7-14(8-5-13)16(18)19-2/h3,9,11,13-14H,4-8,10H2,1-2H3. The van der Waals surface area contributed by atoms with E-state index in [4.69, 9.17) is 4.74 Å². The summed E-state index contributed by atoms with van der Waals surface area (Å²) < 4.78 is 4.82. The smallest absolute Gasteiger partial charge is 0.308 e. The third-order valence-electron chi connectivity index (χ3n) is 4.16. The minimum atomic E-state index is -0.0290. The molecule has 1 aliphatic rings. The summed E-state index contributed by atoms with van der Waals surface area (Å²) in [7, 11) is 1.48. The minimum absolute atomic E-state index is 0.0290. The third kappa shape index (κ3) is 4.05. The Balaban J connectivity index is 1.74. The Kier molecular flexibility index (Phi) is 4.94. The van der Waals surface area contributed by atoms with Gasteiger partial charge in [0.15, 0.2) is 0 Å². The van der Waals surface area contributed by atoms with E-state index >= 15 is 0 Å². The van der Waals surface area contributed by atoms with Gasteiger partial charge in [0.05, 0.1) is 13.0 Å². The maximum absolute atomic E-state index is 11.5. The van der Waals surface area contributed by atoms with E-state index in [1.54, 1.807) is 0 Å². The van der Waals surface area contributed by atoms with Crippen molar-refractivity contribution in [1.82, 2.24) is 4.98 Å². The largest absolute Gasteiger partial charge is 0.469 e. The van der Waals surface area contributed by atoms with Crippen LogP contribution in [-0.2, 0) is 16.0 Å². The first-order valence-electron chi connectivity index (χ1n) is 7.18. The SMILES string of the molecule is COC(=O)C1CCC(CCc2ccc(C)cn2)CC1. The van der Waals surface area contributed by atoms with Crippen molar-refractivity contribution < 1.29 is 9.53 Å². The van der Waals surface area contributed by atoms with Gasteiger partial charge < -0.3 is 4.74 Å². The molecule has 1 saturated carbocycles. The number of aromatic nitrogens is 1. The zero-order valence-electron chi connectivity index (χ0n) is 11.9. The number of carbonyl (C=O) groups excluding carboxylic acids is 1. The molecular weight excluding hydrogens is 238 g/mol. The topological polar surface area (TPSA) is 39.2 Å². The average Bonchev–Trinajstić information content (AvgIpc) is 2.46. The van der Waals surface area contributed by atoms with Crippen LogP contribution in [0.3, 0.4) is 0 Å².